The van der Waals surface area contributed by atoms with Crippen LogP contribution in [0, 0.1) is 0 Å². The first kappa shape index (κ1) is 15.2. The Labute approximate surface area is 136 Å². The molecule has 3 heterocycles. The molecule has 0 spiro atoms. The molecule has 0 aliphatic carbocycles. The summed E-state index contributed by atoms with van der Waals surface area (Å²) in [6.07, 6.45) is 6.81. The maximum absolute atomic E-state index is 12.2. The van der Waals surface area contributed by atoms with Crippen LogP contribution in [0.2, 0.25) is 0 Å². The third-order valence-electron chi connectivity index (χ3n) is 3.13. The molecule has 0 bridgehead atoms. The van der Waals surface area contributed by atoms with Crippen LogP contribution in [-0.2, 0) is 13.0 Å². The lowest BCUT2D eigenvalue weighted by molar-refractivity contribution is 0.0953. The Balaban J connectivity index is 1.63. The number of pyridine rings is 1. The minimum absolute atomic E-state index is 0.181. The normalized spacial score (nSPS) is 10.7. The van der Waals surface area contributed by atoms with E-state index in [-0.39, 0.29) is 5.91 Å². The molecule has 0 aliphatic heterocycles. The second kappa shape index (κ2) is 7.05. The predicted molar refractivity (Wildman–Crippen MR) is 84.2 cm³/mol. The summed E-state index contributed by atoms with van der Waals surface area (Å²) in [5, 5.41) is 14.9. The van der Waals surface area contributed by atoms with Crippen LogP contribution in [0.1, 0.15) is 34.4 Å². The fraction of sp³-hybridized carbons (Fsp3) is 0.286. The summed E-state index contributed by atoms with van der Waals surface area (Å²) < 4.78 is 5.47. The third kappa shape index (κ3) is 3.57. The summed E-state index contributed by atoms with van der Waals surface area (Å²) in [5.74, 6) is -0.181. The van der Waals surface area contributed by atoms with Crippen LogP contribution in [0.3, 0.4) is 0 Å². The van der Waals surface area contributed by atoms with E-state index in [9.17, 15) is 4.79 Å². The van der Waals surface area contributed by atoms with Gasteiger partial charge in [0.1, 0.15) is 10.6 Å². The molecule has 23 heavy (non-hydrogen) atoms. The van der Waals surface area contributed by atoms with Crippen molar-refractivity contribution in [2.75, 3.05) is 0 Å². The van der Waals surface area contributed by atoms with Gasteiger partial charge in [0.05, 0.1) is 30.3 Å². The van der Waals surface area contributed by atoms with Crippen LogP contribution in [0.25, 0.3) is 5.69 Å². The number of carbonyl (C=O) groups excluding carboxylic acids is 1. The van der Waals surface area contributed by atoms with E-state index in [0.29, 0.717) is 17.1 Å². The molecule has 0 atom stereocenters. The molecule has 0 aliphatic rings. The predicted octanol–water partition coefficient (Wildman–Crippen LogP) is 1.40. The van der Waals surface area contributed by atoms with Gasteiger partial charge in [0.2, 0.25) is 0 Å². The van der Waals surface area contributed by atoms with Crippen LogP contribution < -0.4 is 5.32 Å². The molecule has 0 aromatic carbocycles. The van der Waals surface area contributed by atoms with Crippen molar-refractivity contribution in [3.63, 3.8) is 0 Å². The van der Waals surface area contributed by atoms with E-state index in [0.717, 1.165) is 35.8 Å². The van der Waals surface area contributed by atoms with Gasteiger partial charge in [-0.25, -0.2) is 4.68 Å². The number of nitrogens with one attached hydrogen (secondary N) is 1. The van der Waals surface area contributed by atoms with Crippen molar-refractivity contribution in [1.82, 2.24) is 34.9 Å². The first-order valence-corrected chi connectivity index (χ1v) is 7.96. The maximum Gasteiger partial charge on any atom is 0.265 e. The molecule has 0 unspecified atom stereocenters. The molecule has 0 saturated heterocycles. The lowest BCUT2D eigenvalue weighted by Gasteiger charge is -2.01. The van der Waals surface area contributed by atoms with Gasteiger partial charge in [-0.05, 0) is 30.1 Å². The standard InChI is InChI=1S/C14H15N7OS/c1-2-4-12-13(23-20-18-12)14(22)16-7-10-9-21(19-17-10)11-5-3-6-15-8-11/h3,5-6,8-9H,2,4,7H2,1H3,(H,16,22). The zero-order valence-corrected chi connectivity index (χ0v) is 13.3. The Hall–Kier alpha value is -2.68. The Bertz CT molecular complexity index is 783. The highest BCUT2D eigenvalue weighted by Crippen LogP contribution is 2.12. The van der Waals surface area contributed by atoms with Gasteiger partial charge in [-0.15, -0.1) is 10.2 Å². The van der Waals surface area contributed by atoms with Crippen LogP contribution >= 0.6 is 11.5 Å². The molecule has 0 radical (unpaired) electrons. The maximum atomic E-state index is 12.2. The minimum Gasteiger partial charge on any atom is -0.345 e. The van der Waals surface area contributed by atoms with Gasteiger partial charge in [0.15, 0.2) is 0 Å². The number of carbonyl (C=O) groups is 1. The molecule has 0 saturated carbocycles. The van der Waals surface area contributed by atoms with Gasteiger partial charge in [0.25, 0.3) is 5.91 Å². The fourth-order valence-electron chi connectivity index (χ4n) is 2.03. The highest BCUT2D eigenvalue weighted by molar-refractivity contribution is 7.08. The third-order valence-corrected chi connectivity index (χ3v) is 3.90. The van der Waals surface area contributed by atoms with Gasteiger partial charge in [-0.2, -0.15) is 0 Å². The number of rotatable bonds is 6. The van der Waals surface area contributed by atoms with E-state index in [1.54, 1.807) is 23.3 Å². The summed E-state index contributed by atoms with van der Waals surface area (Å²) in [5.41, 5.74) is 2.22. The number of nitrogens with zero attached hydrogens (tertiary/aromatic N) is 6. The van der Waals surface area contributed by atoms with E-state index >= 15 is 0 Å². The molecule has 3 aromatic heterocycles. The Morgan fingerprint density at radius 1 is 1.39 bits per heavy atom. The number of amides is 1. The Morgan fingerprint density at radius 2 is 2.30 bits per heavy atom. The van der Waals surface area contributed by atoms with Gasteiger partial charge in [-0.3, -0.25) is 9.78 Å². The average Bonchev–Trinajstić information content (AvgIpc) is 3.23. The highest BCUT2D eigenvalue weighted by atomic mass is 32.1. The molecule has 0 fully saturated rings. The van der Waals surface area contributed by atoms with Crippen molar-refractivity contribution in [2.45, 2.75) is 26.3 Å². The first-order chi connectivity index (χ1) is 11.3. The van der Waals surface area contributed by atoms with Gasteiger partial charge in [0, 0.05) is 6.20 Å². The molecule has 3 rings (SSSR count). The molecule has 8 nitrogen and oxygen atoms in total. The lowest BCUT2D eigenvalue weighted by Crippen LogP contribution is -2.23. The summed E-state index contributed by atoms with van der Waals surface area (Å²) in [7, 11) is 0. The summed E-state index contributed by atoms with van der Waals surface area (Å²) in [4.78, 5) is 16.8. The summed E-state index contributed by atoms with van der Waals surface area (Å²) in [6, 6.07) is 3.70. The molecule has 1 amide bonds. The molecule has 3 aromatic rings. The topological polar surface area (TPSA) is 98.5 Å². The van der Waals surface area contributed by atoms with Crippen molar-refractivity contribution in [1.29, 1.82) is 0 Å². The van der Waals surface area contributed by atoms with E-state index in [1.807, 2.05) is 19.1 Å². The van der Waals surface area contributed by atoms with Crippen LogP contribution in [0.15, 0.2) is 30.7 Å². The van der Waals surface area contributed by atoms with Crippen molar-refractivity contribution >= 4 is 17.4 Å². The number of hydrogen-bond acceptors (Lipinski definition) is 7. The van der Waals surface area contributed by atoms with Crippen LogP contribution in [-0.4, -0.2) is 35.5 Å². The lowest BCUT2D eigenvalue weighted by atomic mass is 10.2. The van der Waals surface area contributed by atoms with E-state index in [2.05, 4.69) is 30.2 Å². The quantitative estimate of drug-likeness (QED) is 0.734. The SMILES string of the molecule is CCCc1nnsc1C(=O)NCc1cn(-c2cccnc2)nn1. The van der Waals surface area contributed by atoms with E-state index in [4.69, 9.17) is 0 Å². The van der Waals surface area contributed by atoms with Crippen LogP contribution in [0.5, 0.6) is 0 Å². The second-order valence-electron chi connectivity index (χ2n) is 4.85. The van der Waals surface area contributed by atoms with Gasteiger partial charge >= 0.3 is 0 Å². The minimum atomic E-state index is -0.181. The molecular formula is C14H15N7OS. The largest absolute Gasteiger partial charge is 0.345 e. The van der Waals surface area contributed by atoms with Crippen LogP contribution in [0.4, 0.5) is 0 Å². The second-order valence-corrected chi connectivity index (χ2v) is 5.60. The molecule has 9 heteroatoms. The smallest absolute Gasteiger partial charge is 0.265 e. The number of aromatic nitrogens is 6. The van der Waals surface area contributed by atoms with Crippen molar-refractivity contribution in [3.8, 4) is 5.69 Å². The fourth-order valence-corrected chi connectivity index (χ4v) is 2.65. The van der Waals surface area contributed by atoms with Crippen molar-refractivity contribution in [3.05, 3.63) is 47.0 Å². The zero-order valence-electron chi connectivity index (χ0n) is 12.5. The average molecular weight is 329 g/mol. The molecule has 1 N–H and O–H groups in total. The van der Waals surface area contributed by atoms with Gasteiger partial charge in [-0.1, -0.05) is 23.0 Å². The number of aryl methyl sites for hydroxylation is 1. The zero-order chi connectivity index (χ0) is 16.1. The Kier molecular flexibility index (Phi) is 4.67. The van der Waals surface area contributed by atoms with E-state index < -0.39 is 0 Å². The Morgan fingerprint density at radius 3 is 3.09 bits per heavy atom. The number of hydrogen-bond donors (Lipinski definition) is 1. The van der Waals surface area contributed by atoms with Gasteiger partial charge < -0.3 is 5.32 Å². The monoisotopic (exact) mass is 329 g/mol. The summed E-state index contributed by atoms with van der Waals surface area (Å²) in [6.45, 7) is 2.33. The van der Waals surface area contributed by atoms with E-state index in [1.165, 1.54) is 0 Å². The highest BCUT2D eigenvalue weighted by Gasteiger charge is 2.15. The van der Waals surface area contributed by atoms with Crippen molar-refractivity contribution in [2.24, 2.45) is 0 Å². The molecular weight excluding hydrogens is 314 g/mol. The first-order valence-electron chi connectivity index (χ1n) is 7.19. The summed E-state index contributed by atoms with van der Waals surface area (Å²) >= 11 is 1.11. The molecule has 118 valence electrons. The van der Waals surface area contributed by atoms with Crippen molar-refractivity contribution < 1.29 is 4.79 Å².